The third kappa shape index (κ3) is 4.00. The second-order valence-electron chi connectivity index (χ2n) is 6.50. The van der Waals surface area contributed by atoms with Crippen molar-refractivity contribution < 1.29 is 22.8 Å². The summed E-state index contributed by atoms with van der Waals surface area (Å²) in [5.74, 6) is -2.45. The Morgan fingerprint density at radius 3 is 2.50 bits per heavy atom. The van der Waals surface area contributed by atoms with Crippen LogP contribution < -0.4 is 5.32 Å². The molecule has 0 saturated heterocycles. The molecular weight excluding hydrogens is 368 g/mol. The largest absolute Gasteiger partial charge is 0.441 e. The van der Waals surface area contributed by atoms with Crippen LogP contribution in [0.5, 0.6) is 0 Å². The molecule has 6 nitrogen and oxygen atoms in total. The summed E-state index contributed by atoms with van der Waals surface area (Å²) in [6.07, 6.45) is 0. The van der Waals surface area contributed by atoms with Crippen LogP contribution in [0.15, 0.2) is 34.7 Å². The van der Waals surface area contributed by atoms with Crippen molar-refractivity contribution >= 4 is 22.9 Å². The number of fused-ring (bicyclic) bond motifs is 1. The molecule has 0 aliphatic carbocycles. The van der Waals surface area contributed by atoms with Crippen LogP contribution >= 0.6 is 0 Å². The quantitative estimate of drug-likeness (QED) is 0.729. The molecule has 8 heteroatoms. The van der Waals surface area contributed by atoms with E-state index in [1.165, 1.54) is 14.0 Å². The highest BCUT2D eigenvalue weighted by molar-refractivity contribution is 5.97. The second kappa shape index (κ2) is 7.75. The Balaban J connectivity index is 1.60. The van der Waals surface area contributed by atoms with E-state index in [-0.39, 0.29) is 19.0 Å². The summed E-state index contributed by atoms with van der Waals surface area (Å²) in [4.78, 5) is 29.9. The predicted octanol–water partition coefficient (Wildman–Crippen LogP) is 3.22. The first-order chi connectivity index (χ1) is 13.3. The van der Waals surface area contributed by atoms with Gasteiger partial charge >= 0.3 is 0 Å². The standard InChI is InChI=1S/C20H19F2N3O3/c1-11-8-14(21)18(15(22)9-11)20(27)25(3)7-6-23-19(26)13-4-5-17-16(10-13)24-12(2)28-17/h4-5,8-10H,6-7H2,1-3H3,(H,23,26). The molecule has 0 fully saturated rings. The van der Waals surface area contributed by atoms with Gasteiger partial charge in [0.25, 0.3) is 11.8 Å². The number of likely N-dealkylation sites (N-methyl/N-ethyl adjacent to an activating group) is 1. The fraction of sp³-hybridized carbons (Fsp3) is 0.250. The third-order valence-corrected chi connectivity index (χ3v) is 4.24. The van der Waals surface area contributed by atoms with Crippen molar-refractivity contribution in [3.05, 3.63) is 64.5 Å². The minimum Gasteiger partial charge on any atom is -0.441 e. The van der Waals surface area contributed by atoms with E-state index >= 15 is 0 Å². The topological polar surface area (TPSA) is 75.4 Å². The van der Waals surface area contributed by atoms with E-state index in [2.05, 4.69) is 10.3 Å². The van der Waals surface area contributed by atoms with Crippen molar-refractivity contribution in [3.8, 4) is 0 Å². The minimum atomic E-state index is -0.908. The molecule has 0 aliphatic rings. The van der Waals surface area contributed by atoms with Crippen LogP contribution in [0.1, 0.15) is 32.2 Å². The zero-order chi connectivity index (χ0) is 20.4. The SMILES string of the molecule is Cc1cc(F)c(C(=O)N(C)CCNC(=O)c2ccc3oc(C)nc3c2)c(F)c1. The van der Waals surface area contributed by atoms with Gasteiger partial charge in [0, 0.05) is 32.6 Å². The summed E-state index contributed by atoms with van der Waals surface area (Å²) >= 11 is 0. The van der Waals surface area contributed by atoms with Gasteiger partial charge in [-0.05, 0) is 42.8 Å². The number of hydrogen-bond donors (Lipinski definition) is 1. The first-order valence-corrected chi connectivity index (χ1v) is 8.63. The van der Waals surface area contributed by atoms with Crippen molar-refractivity contribution in [2.45, 2.75) is 13.8 Å². The van der Waals surface area contributed by atoms with E-state index in [4.69, 9.17) is 4.42 Å². The van der Waals surface area contributed by atoms with Gasteiger partial charge in [-0.25, -0.2) is 13.8 Å². The van der Waals surface area contributed by atoms with Crippen molar-refractivity contribution in [3.63, 3.8) is 0 Å². The Bertz CT molecular complexity index is 1040. The monoisotopic (exact) mass is 387 g/mol. The molecule has 0 atom stereocenters. The lowest BCUT2D eigenvalue weighted by Crippen LogP contribution is -2.36. The lowest BCUT2D eigenvalue weighted by Gasteiger charge is -2.18. The number of amides is 2. The average Bonchev–Trinajstić information content (AvgIpc) is 2.99. The number of aryl methyl sites for hydroxylation is 2. The highest BCUT2D eigenvalue weighted by Crippen LogP contribution is 2.18. The van der Waals surface area contributed by atoms with Crippen LogP contribution in [-0.4, -0.2) is 41.8 Å². The van der Waals surface area contributed by atoms with Gasteiger partial charge in [0.15, 0.2) is 11.5 Å². The molecule has 0 unspecified atom stereocenters. The number of oxazole rings is 1. The molecule has 0 spiro atoms. The molecule has 146 valence electrons. The van der Waals surface area contributed by atoms with Gasteiger partial charge in [-0.15, -0.1) is 0 Å². The Labute approximate surface area is 160 Å². The van der Waals surface area contributed by atoms with E-state index in [1.807, 2.05) is 0 Å². The van der Waals surface area contributed by atoms with Crippen molar-refractivity contribution in [2.75, 3.05) is 20.1 Å². The maximum absolute atomic E-state index is 14.0. The molecule has 3 aromatic rings. The van der Waals surface area contributed by atoms with Crippen molar-refractivity contribution in [1.29, 1.82) is 0 Å². The summed E-state index contributed by atoms with van der Waals surface area (Å²) in [6, 6.07) is 7.07. The zero-order valence-electron chi connectivity index (χ0n) is 15.7. The minimum absolute atomic E-state index is 0.0860. The normalized spacial score (nSPS) is 10.9. The summed E-state index contributed by atoms with van der Waals surface area (Å²) in [5.41, 5.74) is 1.33. The van der Waals surface area contributed by atoms with Gasteiger partial charge < -0.3 is 14.6 Å². The summed E-state index contributed by atoms with van der Waals surface area (Å²) < 4.78 is 33.3. The lowest BCUT2D eigenvalue weighted by molar-refractivity contribution is 0.0777. The lowest BCUT2D eigenvalue weighted by atomic mass is 10.1. The molecule has 3 rings (SSSR count). The third-order valence-electron chi connectivity index (χ3n) is 4.24. The molecule has 0 aliphatic heterocycles. The molecule has 0 bridgehead atoms. The molecule has 2 amide bonds. The van der Waals surface area contributed by atoms with Gasteiger partial charge in [0.05, 0.1) is 0 Å². The van der Waals surface area contributed by atoms with E-state index in [1.54, 1.807) is 25.1 Å². The zero-order valence-corrected chi connectivity index (χ0v) is 15.7. The molecule has 1 heterocycles. The molecule has 2 aromatic carbocycles. The van der Waals surface area contributed by atoms with Gasteiger partial charge in [0.2, 0.25) is 0 Å². The van der Waals surface area contributed by atoms with Crippen molar-refractivity contribution in [2.24, 2.45) is 0 Å². The number of halogens is 2. The number of hydrogen-bond acceptors (Lipinski definition) is 4. The van der Waals surface area contributed by atoms with Gasteiger partial charge in [0.1, 0.15) is 22.7 Å². The molecule has 0 radical (unpaired) electrons. The number of rotatable bonds is 5. The average molecular weight is 387 g/mol. The first kappa shape index (κ1) is 19.5. The van der Waals surface area contributed by atoms with Gasteiger partial charge in [-0.1, -0.05) is 0 Å². The maximum Gasteiger partial charge on any atom is 0.259 e. The molecule has 0 saturated carbocycles. The first-order valence-electron chi connectivity index (χ1n) is 8.63. The van der Waals surface area contributed by atoms with Gasteiger partial charge in [-0.3, -0.25) is 9.59 Å². The number of carbonyl (C=O) groups is 2. The van der Waals surface area contributed by atoms with Gasteiger partial charge in [-0.2, -0.15) is 0 Å². The van der Waals surface area contributed by atoms with E-state index in [0.717, 1.165) is 17.0 Å². The smallest absolute Gasteiger partial charge is 0.259 e. The Hall–Kier alpha value is -3.29. The van der Waals surface area contributed by atoms with Crippen LogP contribution in [-0.2, 0) is 0 Å². The summed E-state index contributed by atoms with van der Waals surface area (Å²) in [6.45, 7) is 3.46. The Morgan fingerprint density at radius 2 is 1.82 bits per heavy atom. The Morgan fingerprint density at radius 1 is 1.14 bits per heavy atom. The van der Waals surface area contributed by atoms with Crippen LogP contribution in [0.2, 0.25) is 0 Å². The van der Waals surface area contributed by atoms with E-state index in [0.29, 0.717) is 28.1 Å². The van der Waals surface area contributed by atoms with Crippen LogP contribution in [0, 0.1) is 25.5 Å². The van der Waals surface area contributed by atoms with Crippen LogP contribution in [0.3, 0.4) is 0 Å². The highest BCUT2D eigenvalue weighted by atomic mass is 19.1. The summed E-state index contributed by atoms with van der Waals surface area (Å²) in [5, 5.41) is 2.67. The maximum atomic E-state index is 14.0. The Kier molecular flexibility index (Phi) is 5.39. The number of carbonyl (C=O) groups excluding carboxylic acids is 2. The fourth-order valence-electron chi connectivity index (χ4n) is 2.82. The highest BCUT2D eigenvalue weighted by Gasteiger charge is 2.21. The van der Waals surface area contributed by atoms with Crippen molar-refractivity contribution in [1.82, 2.24) is 15.2 Å². The molecule has 28 heavy (non-hydrogen) atoms. The van der Waals surface area contributed by atoms with E-state index in [9.17, 15) is 18.4 Å². The van der Waals surface area contributed by atoms with Crippen LogP contribution in [0.4, 0.5) is 8.78 Å². The molecular formula is C20H19F2N3O3. The molecule has 1 aromatic heterocycles. The fourth-order valence-corrected chi connectivity index (χ4v) is 2.82. The number of nitrogens with zero attached hydrogens (tertiary/aromatic N) is 2. The summed E-state index contributed by atoms with van der Waals surface area (Å²) in [7, 11) is 1.41. The van der Waals surface area contributed by atoms with E-state index < -0.39 is 23.1 Å². The second-order valence-corrected chi connectivity index (χ2v) is 6.50. The van der Waals surface area contributed by atoms with Crippen LogP contribution in [0.25, 0.3) is 11.1 Å². The number of aromatic nitrogens is 1. The number of benzene rings is 2. The number of nitrogens with one attached hydrogen (secondary N) is 1. The molecule has 1 N–H and O–H groups in total. The predicted molar refractivity (Wildman–Crippen MR) is 99.1 cm³/mol.